The summed E-state index contributed by atoms with van der Waals surface area (Å²) in [6.45, 7) is 1.51. The number of rotatable bonds is 12. The molecule has 0 spiro atoms. The molecule has 0 unspecified atom stereocenters. The molecule has 0 aliphatic heterocycles. The molecular weight excluding hydrogens is 478 g/mol. The molecule has 0 amide bonds. The van der Waals surface area contributed by atoms with Crippen LogP contribution in [0.4, 0.5) is 0 Å². The molecule has 2 aromatic heterocycles. The molecule has 0 aliphatic rings. The summed E-state index contributed by atoms with van der Waals surface area (Å²) < 4.78 is 19.6. The molecule has 3 aromatic carbocycles. The van der Waals surface area contributed by atoms with Gasteiger partial charge in [-0.15, -0.1) is 0 Å². The van der Waals surface area contributed by atoms with Crippen LogP contribution in [0, 0.1) is 0 Å². The zero-order valence-electron chi connectivity index (χ0n) is 21.3. The lowest BCUT2D eigenvalue weighted by Gasteiger charge is -2.25. The van der Waals surface area contributed by atoms with Crippen molar-refractivity contribution in [2.75, 3.05) is 13.2 Å². The molecule has 5 rings (SSSR count). The Morgan fingerprint density at radius 1 is 0.842 bits per heavy atom. The number of para-hydroxylation sites is 2. The molecule has 1 atom stereocenters. The van der Waals surface area contributed by atoms with E-state index in [0.717, 1.165) is 34.1 Å². The lowest BCUT2D eigenvalue weighted by atomic mass is 10.1. The number of nitrogens with zero attached hydrogens (tertiary/aromatic N) is 3. The number of hydrogen-bond acceptors (Lipinski definition) is 6. The summed E-state index contributed by atoms with van der Waals surface area (Å²) >= 11 is 0. The Labute approximate surface area is 222 Å². The van der Waals surface area contributed by atoms with Crippen molar-refractivity contribution < 1.29 is 19.0 Å². The maximum absolute atomic E-state index is 10.9. The zero-order chi connectivity index (χ0) is 26.2. The van der Waals surface area contributed by atoms with Crippen molar-refractivity contribution in [1.29, 1.82) is 0 Å². The number of hydrogen-bond donors (Lipinski definition) is 1. The summed E-state index contributed by atoms with van der Waals surface area (Å²) in [6, 6.07) is 33.0. The molecule has 0 saturated carbocycles. The molecule has 0 radical (unpaired) electrons. The van der Waals surface area contributed by atoms with E-state index in [-0.39, 0.29) is 6.61 Å². The van der Waals surface area contributed by atoms with Crippen LogP contribution in [0.2, 0.25) is 0 Å². The first kappa shape index (κ1) is 25.3. The summed E-state index contributed by atoms with van der Waals surface area (Å²) in [7, 11) is 1.88. The van der Waals surface area contributed by atoms with Gasteiger partial charge in [0.25, 0.3) is 0 Å². The molecule has 194 valence electrons. The average Bonchev–Trinajstić information content (AvgIpc) is 3.57. The van der Waals surface area contributed by atoms with Crippen molar-refractivity contribution in [3.8, 4) is 28.6 Å². The second-order valence-electron chi connectivity index (χ2n) is 9.06. The van der Waals surface area contributed by atoms with Gasteiger partial charge >= 0.3 is 0 Å². The van der Waals surface area contributed by atoms with E-state index < -0.39 is 6.10 Å². The fourth-order valence-corrected chi connectivity index (χ4v) is 4.34. The minimum absolute atomic E-state index is 0.171. The quantitative estimate of drug-likeness (QED) is 0.225. The minimum Gasteiger partial charge on any atom is -0.491 e. The normalized spacial score (nSPS) is 12.0. The first-order valence-electron chi connectivity index (χ1n) is 12.6. The molecule has 0 fully saturated rings. The van der Waals surface area contributed by atoms with Crippen molar-refractivity contribution in [2.45, 2.75) is 19.2 Å². The summed E-state index contributed by atoms with van der Waals surface area (Å²) in [5.74, 6) is 2.90. The van der Waals surface area contributed by atoms with Crippen LogP contribution in [0.1, 0.15) is 11.3 Å². The second kappa shape index (κ2) is 12.3. The van der Waals surface area contributed by atoms with E-state index in [2.05, 4.69) is 4.90 Å². The van der Waals surface area contributed by atoms with Crippen LogP contribution in [-0.2, 0) is 20.1 Å². The predicted octanol–water partition coefficient (Wildman–Crippen LogP) is 5.91. The van der Waals surface area contributed by atoms with Crippen LogP contribution in [0.5, 0.6) is 17.4 Å². The number of aryl methyl sites for hydroxylation is 1. The van der Waals surface area contributed by atoms with Crippen LogP contribution in [0.25, 0.3) is 11.3 Å². The fraction of sp³-hybridized carbons (Fsp3) is 0.194. The Morgan fingerprint density at radius 2 is 1.50 bits per heavy atom. The van der Waals surface area contributed by atoms with Crippen LogP contribution >= 0.6 is 0 Å². The van der Waals surface area contributed by atoms with E-state index >= 15 is 0 Å². The van der Waals surface area contributed by atoms with E-state index in [1.54, 1.807) is 10.9 Å². The highest BCUT2D eigenvalue weighted by molar-refractivity contribution is 5.65. The molecule has 0 aliphatic carbocycles. The molecule has 1 N–H and O–H groups in total. The van der Waals surface area contributed by atoms with Crippen molar-refractivity contribution in [1.82, 2.24) is 14.7 Å². The summed E-state index contributed by atoms with van der Waals surface area (Å²) in [6.07, 6.45) is 0.937. The Hall–Kier alpha value is -4.33. The standard InChI is InChI=1S/C31H31N3O4/c1-33-31(38-27-16-9-4-10-17-27)29(30(32-33)24-12-5-2-6-13-24)22-34(21-28-18-11-19-36-28)20-25(35)23-37-26-14-7-3-8-15-26/h2-19,25,35H,20-23H2,1H3/t25-/m1/s1. The number of benzene rings is 3. The Kier molecular flexibility index (Phi) is 8.18. The lowest BCUT2D eigenvalue weighted by Crippen LogP contribution is -2.35. The van der Waals surface area contributed by atoms with Gasteiger partial charge in [0.1, 0.15) is 35.7 Å². The van der Waals surface area contributed by atoms with Crippen molar-refractivity contribution in [3.05, 3.63) is 121 Å². The third-order valence-electron chi connectivity index (χ3n) is 6.09. The number of aromatic nitrogens is 2. The van der Waals surface area contributed by atoms with Crippen molar-refractivity contribution in [2.24, 2.45) is 7.05 Å². The van der Waals surface area contributed by atoms with Gasteiger partial charge in [-0.2, -0.15) is 5.10 Å². The monoisotopic (exact) mass is 509 g/mol. The molecule has 0 saturated heterocycles. The van der Waals surface area contributed by atoms with Gasteiger partial charge in [0.15, 0.2) is 0 Å². The summed E-state index contributed by atoms with van der Waals surface area (Å²) in [5.41, 5.74) is 2.75. The number of aliphatic hydroxyl groups excluding tert-OH is 1. The van der Waals surface area contributed by atoms with Gasteiger partial charge < -0.3 is 19.0 Å². The van der Waals surface area contributed by atoms with E-state index in [1.807, 2.05) is 110 Å². The number of furan rings is 1. The minimum atomic E-state index is -0.722. The molecule has 7 heteroatoms. The Bertz CT molecular complexity index is 1390. The molecule has 7 nitrogen and oxygen atoms in total. The highest BCUT2D eigenvalue weighted by Gasteiger charge is 2.24. The van der Waals surface area contributed by atoms with Crippen LogP contribution in [0.3, 0.4) is 0 Å². The lowest BCUT2D eigenvalue weighted by molar-refractivity contribution is 0.0602. The van der Waals surface area contributed by atoms with Gasteiger partial charge in [0.05, 0.1) is 18.4 Å². The largest absolute Gasteiger partial charge is 0.491 e. The van der Waals surface area contributed by atoms with E-state index in [4.69, 9.17) is 19.0 Å². The Morgan fingerprint density at radius 3 is 2.16 bits per heavy atom. The molecule has 0 bridgehead atoms. The summed E-state index contributed by atoms with van der Waals surface area (Å²) in [5, 5.41) is 15.8. The van der Waals surface area contributed by atoms with Gasteiger partial charge in [-0.3, -0.25) is 4.90 Å². The van der Waals surface area contributed by atoms with Crippen LogP contribution in [0.15, 0.2) is 114 Å². The first-order chi connectivity index (χ1) is 18.7. The zero-order valence-corrected chi connectivity index (χ0v) is 21.3. The second-order valence-corrected chi connectivity index (χ2v) is 9.06. The maximum Gasteiger partial charge on any atom is 0.222 e. The number of ether oxygens (including phenoxy) is 2. The van der Waals surface area contributed by atoms with E-state index in [0.29, 0.717) is 25.5 Å². The fourth-order valence-electron chi connectivity index (χ4n) is 4.34. The van der Waals surface area contributed by atoms with E-state index in [9.17, 15) is 5.11 Å². The third-order valence-corrected chi connectivity index (χ3v) is 6.09. The van der Waals surface area contributed by atoms with Gasteiger partial charge in [0, 0.05) is 25.7 Å². The molecular formula is C31H31N3O4. The molecule has 38 heavy (non-hydrogen) atoms. The maximum atomic E-state index is 10.9. The Balaban J connectivity index is 1.43. The molecule has 5 aromatic rings. The van der Waals surface area contributed by atoms with Crippen LogP contribution in [-0.4, -0.2) is 39.0 Å². The van der Waals surface area contributed by atoms with Gasteiger partial charge in [-0.25, -0.2) is 4.68 Å². The average molecular weight is 510 g/mol. The number of aliphatic hydroxyl groups is 1. The smallest absolute Gasteiger partial charge is 0.222 e. The first-order valence-corrected chi connectivity index (χ1v) is 12.6. The highest BCUT2D eigenvalue weighted by Crippen LogP contribution is 2.34. The van der Waals surface area contributed by atoms with Gasteiger partial charge in [-0.1, -0.05) is 66.7 Å². The predicted molar refractivity (Wildman–Crippen MR) is 146 cm³/mol. The molecule has 2 heterocycles. The topological polar surface area (TPSA) is 72.9 Å². The van der Waals surface area contributed by atoms with Crippen molar-refractivity contribution >= 4 is 0 Å². The van der Waals surface area contributed by atoms with E-state index in [1.165, 1.54) is 0 Å². The van der Waals surface area contributed by atoms with Gasteiger partial charge in [-0.05, 0) is 36.4 Å². The summed E-state index contributed by atoms with van der Waals surface area (Å²) in [4.78, 5) is 2.12. The third kappa shape index (κ3) is 6.51. The highest BCUT2D eigenvalue weighted by atomic mass is 16.5. The van der Waals surface area contributed by atoms with Crippen LogP contribution < -0.4 is 9.47 Å². The SMILES string of the molecule is Cn1nc(-c2ccccc2)c(CN(Cc2ccco2)C[C@@H](O)COc2ccccc2)c1Oc1ccccc1. The van der Waals surface area contributed by atoms with Gasteiger partial charge in [0.2, 0.25) is 5.88 Å². The van der Waals surface area contributed by atoms with Crippen molar-refractivity contribution in [3.63, 3.8) is 0 Å².